The molecular weight excluding hydrogens is 392 g/mol. The van der Waals surface area contributed by atoms with Gasteiger partial charge in [0, 0.05) is 36.8 Å². The number of piperazine rings is 1. The van der Waals surface area contributed by atoms with Crippen LogP contribution >= 0.6 is 11.6 Å². The van der Waals surface area contributed by atoms with Crippen molar-refractivity contribution in [2.75, 3.05) is 36.0 Å². The van der Waals surface area contributed by atoms with Crippen molar-refractivity contribution in [3.05, 3.63) is 59.6 Å². The van der Waals surface area contributed by atoms with Crippen LogP contribution in [0.2, 0.25) is 5.02 Å². The second kappa shape index (κ2) is 7.51. The second-order valence-electron chi connectivity index (χ2n) is 6.61. The molecule has 0 aliphatic carbocycles. The summed E-state index contributed by atoms with van der Waals surface area (Å²) in [6.07, 6.45) is 0. The van der Waals surface area contributed by atoms with Gasteiger partial charge in [0.2, 0.25) is 11.8 Å². The maximum atomic E-state index is 6.05. The lowest BCUT2D eigenvalue weighted by Crippen LogP contribution is -2.47. The lowest BCUT2D eigenvalue weighted by atomic mass is 10.2. The largest absolute Gasteiger partial charge is 0.336 e. The Bertz CT molecular complexity index is 1100. The number of para-hydroxylation sites is 1. The number of aromatic nitrogens is 6. The van der Waals surface area contributed by atoms with Crippen LogP contribution in [0.25, 0.3) is 17.1 Å². The molecule has 10 heteroatoms. The van der Waals surface area contributed by atoms with Gasteiger partial charge in [0.15, 0.2) is 0 Å². The second-order valence-corrected chi connectivity index (χ2v) is 7.05. The Balaban J connectivity index is 1.29. The third-order valence-electron chi connectivity index (χ3n) is 4.78. The van der Waals surface area contributed by atoms with E-state index in [0.29, 0.717) is 16.9 Å². The van der Waals surface area contributed by atoms with E-state index in [1.165, 1.54) is 0 Å². The maximum Gasteiger partial charge on any atom is 0.324 e. The number of tetrazole rings is 1. The lowest BCUT2D eigenvalue weighted by molar-refractivity contribution is 0.409. The summed E-state index contributed by atoms with van der Waals surface area (Å²) in [4.78, 5) is 8.74. The molecule has 1 aliphatic rings. The maximum absolute atomic E-state index is 6.05. The first kappa shape index (κ1) is 17.6. The van der Waals surface area contributed by atoms with E-state index in [2.05, 4.69) is 35.5 Å². The number of anilines is 2. The molecule has 0 atom stereocenters. The zero-order chi connectivity index (χ0) is 19.6. The number of rotatable bonds is 4. The van der Waals surface area contributed by atoms with Crippen molar-refractivity contribution in [2.45, 2.75) is 0 Å². The molecule has 0 amide bonds. The number of benzene rings is 2. The minimum absolute atomic E-state index is 0.502. The van der Waals surface area contributed by atoms with Gasteiger partial charge in [-0.05, 0) is 34.7 Å². The fourth-order valence-corrected chi connectivity index (χ4v) is 3.49. The van der Waals surface area contributed by atoms with Crippen molar-refractivity contribution in [1.29, 1.82) is 0 Å². The summed E-state index contributed by atoms with van der Waals surface area (Å²) in [5.41, 5.74) is 1.76. The molecular formula is C19H17ClN8O. The van der Waals surface area contributed by atoms with Crippen molar-refractivity contribution in [2.24, 2.45) is 0 Å². The van der Waals surface area contributed by atoms with Gasteiger partial charge in [-0.2, -0.15) is 9.67 Å². The van der Waals surface area contributed by atoms with Crippen molar-refractivity contribution >= 4 is 23.6 Å². The van der Waals surface area contributed by atoms with Gasteiger partial charge in [-0.3, -0.25) is 0 Å². The van der Waals surface area contributed by atoms with Gasteiger partial charge in [0.1, 0.15) is 0 Å². The normalized spacial score (nSPS) is 14.4. The van der Waals surface area contributed by atoms with Gasteiger partial charge in [-0.1, -0.05) is 52.2 Å². The van der Waals surface area contributed by atoms with Crippen LogP contribution in [0.1, 0.15) is 0 Å². The fourth-order valence-electron chi connectivity index (χ4n) is 3.30. The fraction of sp³-hybridized carbons (Fsp3) is 0.211. The average Bonchev–Trinajstić information content (AvgIpc) is 3.45. The molecule has 0 N–H and O–H groups in total. The van der Waals surface area contributed by atoms with Crippen LogP contribution in [0.4, 0.5) is 12.0 Å². The first-order chi connectivity index (χ1) is 14.3. The van der Waals surface area contributed by atoms with Crippen LogP contribution in [0.15, 0.2) is 59.1 Å². The van der Waals surface area contributed by atoms with E-state index in [1.807, 2.05) is 54.6 Å². The molecule has 146 valence electrons. The summed E-state index contributed by atoms with van der Waals surface area (Å²) in [5, 5.41) is 16.9. The summed E-state index contributed by atoms with van der Waals surface area (Å²) < 4.78 is 7.22. The molecule has 1 saturated heterocycles. The first-order valence-corrected chi connectivity index (χ1v) is 9.59. The summed E-state index contributed by atoms with van der Waals surface area (Å²) in [5.74, 6) is 1.25. The first-order valence-electron chi connectivity index (χ1n) is 9.21. The Kier molecular flexibility index (Phi) is 4.57. The van der Waals surface area contributed by atoms with E-state index in [-0.39, 0.29) is 0 Å². The lowest BCUT2D eigenvalue weighted by Gasteiger charge is -2.33. The molecule has 4 aromatic rings. The van der Waals surface area contributed by atoms with Gasteiger partial charge in [0.25, 0.3) is 0 Å². The SMILES string of the molecule is Clc1cccc(-c2noc(N3CCN(c4nnnn4-c4ccccc4)CC3)n2)c1. The monoisotopic (exact) mass is 408 g/mol. The smallest absolute Gasteiger partial charge is 0.324 e. The standard InChI is InChI=1S/C19H17ClN8O/c20-15-6-4-5-14(13-15)17-21-19(29-23-17)27-11-9-26(10-12-27)18-22-24-25-28(18)16-7-2-1-3-8-16/h1-8,13H,9-12H2. The molecule has 1 aliphatic heterocycles. The van der Waals surface area contributed by atoms with Gasteiger partial charge >= 0.3 is 6.01 Å². The summed E-state index contributed by atoms with van der Waals surface area (Å²) in [7, 11) is 0. The highest BCUT2D eigenvalue weighted by Gasteiger charge is 2.25. The molecule has 2 aromatic heterocycles. The molecule has 1 fully saturated rings. The van der Waals surface area contributed by atoms with E-state index >= 15 is 0 Å². The molecule has 0 unspecified atom stereocenters. The van der Waals surface area contributed by atoms with Crippen molar-refractivity contribution in [3.8, 4) is 17.1 Å². The number of halogens is 1. The van der Waals surface area contributed by atoms with E-state index in [9.17, 15) is 0 Å². The highest BCUT2D eigenvalue weighted by Crippen LogP contribution is 2.24. The minimum Gasteiger partial charge on any atom is -0.336 e. The third kappa shape index (κ3) is 3.52. The Labute approximate surface area is 171 Å². The zero-order valence-corrected chi connectivity index (χ0v) is 16.1. The highest BCUT2D eigenvalue weighted by atomic mass is 35.5. The molecule has 29 heavy (non-hydrogen) atoms. The third-order valence-corrected chi connectivity index (χ3v) is 5.02. The number of nitrogens with zero attached hydrogens (tertiary/aromatic N) is 8. The van der Waals surface area contributed by atoms with E-state index in [4.69, 9.17) is 16.1 Å². The highest BCUT2D eigenvalue weighted by molar-refractivity contribution is 6.30. The van der Waals surface area contributed by atoms with E-state index in [0.717, 1.165) is 43.4 Å². The topological polar surface area (TPSA) is 89.0 Å². The zero-order valence-electron chi connectivity index (χ0n) is 15.4. The Hall–Kier alpha value is -3.46. The van der Waals surface area contributed by atoms with Crippen LogP contribution in [0.5, 0.6) is 0 Å². The van der Waals surface area contributed by atoms with Crippen LogP contribution in [0.3, 0.4) is 0 Å². The minimum atomic E-state index is 0.502. The predicted molar refractivity (Wildman–Crippen MR) is 108 cm³/mol. The predicted octanol–water partition coefficient (Wildman–Crippen LogP) is 2.69. The number of hydrogen-bond donors (Lipinski definition) is 0. The van der Waals surface area contributed by atoms with Crippen LogP contribution in [-0.4, -0.2) is 56.5 Å². The molecule has 0 spiro atoms. The van der Waals surface area contributed by atoms with Crippen molar-refractivity contribution in [3.63, 3.8) is 0 Å². The molecule has 0 saturated carbocycles. The molecule has 3 heterocycles. The van der Waals surface area contributed by atoms with Crippen molar-refractivity contribution < 1.29 is 4.52 Å². The summed E-state index contributed by atoms with van der Waals surface area (Å²) >= 11 is 6.05. The molecule has 2 aromatic carbocycles. The van der Waals surface area contributed by atoms with Crippen LogP contribution in [0, 0.1) is 0 Å². The average molecular weight is 409 g/mol. The van der Waals surface area contributed by atoms with Gasteiger partial charge in [-0.15, -0.1) is 0 Å². The summed E-state index contributed by atoms with van der Waals surface area (Å²) in [6, 6.07) is 17.8. The van der Waals surface area contributed by atoms with Gasteiger partial charge in [0.05, 0.1) is 5.69 Å². The van der Waals surface area contributed by atoms with Crippen LogP contribution in [-0.2, 0) is 0 Å². The molecule has 5 rings (SSSR count). The molecule has 0 radical (unpaired) electrons. The molecule has 9 nitrogen and oxygen atoms in total. The molecule has 0 bridgehead atoms. The van der Waals surface area contributed by atoms with Gasteiger partial charge < -0.3 is 14.3 Å². The Morgan fingerprint density at radius 1 is 0.897 bits per heavy atom. The number of hydrogen-bond acceptors (Lipinski definition) is 8. The summed E-state index contributed by atoms with van der Waals surface area (Å²) in [6.45, 7) is 2.92. The quantitative estimate of drug-likeness (QED) is 0.509. The van der Waals surface area contributed by atoms with E-state index < -0.39 is 0 Å². The Morgan fingerprint density at radius 2 is 1.69 bits per heavy atom. The van der Waals surface area contributed by atoms with E-state index in [1.54, 1.807) is 4.68 Å². The van der Waals surface area contributed by atoms with Gasteiger partial charge in [-0.25, -0.2) is 0 Å². The van der Waals surface area contributed by atoms with Crippen molar-refractivity contribution in [1.82, 2.24) is 30.3 Å². The Morgan fingerprint density at radius 3 is 2.48 bits per heavy atom. The van der Waals surface area contributed by atoms with Crippen LogP contribution < -0.4 is 9.80 Å².